The lowest BCUT2D eigenvalue weighted by molar-refractivity contribution is 0.262. The fraction of sp³-hybridized carbons (Fsp3) is 0.625. The lowest BCUT2D eigenvalue weighted by atomic mass is 9.96. The highest BCUT2D eigenvalue weighted by Gasteiger charge is 2.25. The van der Waals surface area contributed by atoms with Gasteiger partial charge in [0.15, 0.2) is 0 Å². The van der Waals surface area contributed by atoms with Crippen LogP contribution in [0.4, 0.5) is 0 Å². The first-order chi connectivity index (χ1) is 10.0. The van der Waals surface area contributed by atoms with Gasteiger partial charge in [0.1, 0.15) is 0 Å². The third-order valence-electron chi connectivity index (χ3n) is 4.31. The smallest absolute Gasteiger partial charge is 0.211 e. The van der Waals surface area contributed by atoms with Crippen molar-refractivity contribution in [1.82, 2.24) is 9.62 Å². The summed E-state index contributed by atoms with van der Waals surface area (Å²) < 4.78 is 24.6. The van der Waals surface area contributed by atoms with Gasteiger partial charge < -0.3 is 5.32 Å². The van der Waals surface area contributed by atoms with Gasteiger partial charge in [0, 0.05) is 19.1 Å². The molecule has 5 heteroatoms. The Kier molecular flexibility index (Phi) is 5.79. The average Bonchev–Trinajstić information content (AvgIpc) is 2.48. The minimum absolute atomic E-state index is 0.388. The number of sulfonamides is 1. The molecule has 1 aliphatic heterocycles. The summed E-state index contributed by atoms with van der Waals surface area (Å²) >= 11 is 0. The Morgan fingerprint density at radius 1 is 1.24 bits per heavy atom. The molecule has 0 saturated carbocycles. The van der Waals surface area contributed by atoms with Gasteiger partial charge >= 0.3 is 0 Å². The molecule has 1 aliphatic rings. The third kappa shape index (κ3) is 4.80. The van der Waals surface area contributed by atoms with E-state index >= 15 is 0 Å². The number of rotatable bonds is 6. The van der Waals surface area contributed by atoms with Crippen molar-refractivity contribution in [3.8, 4) is 0 Å². The summed E-state index contributed by atoms with van der Waals surface area (Å²) in [6.07, 6.45) is 4.26. The van der Waals surface area contributed by atoms with Crippen LogP contribution in [-0.4, -0.2) is 38.6 Å². The van der Waals surface area contributed by atoms with Crippen LogP contribution in [-0.2, 0) is 10.0 Å². The zero-order valence-electron chi connectivity index (χ0n) is 13.0. The van der Waals surface area contributed by atoms with Crippen molar-refractivity contribution >= 4 is 10.0 Å². The number of piperidine rings is 1. The van der Waals surface area contributed by atoms with E-state index in [2.05, 4.69) is 36.5 Å². The van der Waals surface area contributed by atoms with E-state index in [1.807, 2.05) is 6.07 Å². The van der Waals surface area contributed by atoms with Crippen LogP contribution in [0.15, 0.2) is 30.3 Å². The zero-order chi connectivity index (χ0) is 15.3. The largest absolute Gasteiger partial charge is 0.310 e. The molecule has 1 fully saturated rings. The molecular formula is C16H26N2O2S. The normalized spacial score (nSPS) is 19.5. The minimum Gasteiger partial charge on any atom is -0.310 e. The monoisotopic (exact) mass is 310 g/mol. The Morgan fingerprint density at radius 2 is 1.86 bits per heavy atom. The van der Waals surface area contributed by atoms with Crippen LogP contribution in [0.5, 0.6) is 0 Å². The highest BCUT2D eigenvalue weighted by molar-refractivity contribution is 7.88. The van der Waals surface area contributed by atoms with Gasteiger partial charge in [0.2, 0.25) is 10.0 Å². The van der Waals surface area contributed by atoms with Crippen molar-refractivity contribution < 1.29 is 8.42 Å². The van der Waals surface area contributed by atoms with Gasteiger partial charge in [-0.15, -0.1) is 0 Å². The summed E-state index contributed by atoms with van der Waals surface area (Å²) in [4.78, 5) is 0. The van der Waals surface area contributed by atoms with Gasteiger partial charge in [0.25, 0.3) is 0 Å². The Morgan fingerprint density at radius 3 is 2.38 bits per heavy atom. The summed E-state index contributed by atoms with van der Waals surface area (Å²) in [7, 11) is -3.02. The second kappa shape index (κ2) is 7.38. The molecule has 1 aromatic rings. The van der Waals surface area contributed by atoms with Gasteiger partial charge in [-0.05, 0) is 37.3 Å². The lowest BCUT2D eigenvalue weighted by Gasteiger charge is -2.31. The third-order valence-corrected chi connectivity index (χ3v) is 5.61. The van der Waals surface area contributed by atoms with Crippen LogP contribution in [0.2, 0.25) is 0 Å². The predicted molar refractivity (Wildman–Crippen MR) is 86.6 cm³/mol. The fourth-order valence-corrected chi connectivity index (χ4v) is 3.81. The summed E-state index contributed by atoms with van der Waals surface area (Å²) in [6.45, 7) is 4.47. The second-order valence-electron chi connectivity index (χ2n) is 5.89. The molecule has 0 bridgehead atoms. The molecule has 0 unspecified atom stereocenters. The van der Waals surface area contributed by atoms with Crippen LogP contribution < -0.4 is 5.32 Å². The maximum absolute atomic E-state index is 11.5. The van der Waals surface area contributed by atoms with Crippen LogP contribution in [0.1, 0.15) is 37.8 Å². The van der Waals surface area contributed by atoms with Gasteiger partial charge in [-0.25, -0.2) is 12.7 Å². The van der Waals surface area contributed by atoms with E-state index in [9.17, 15) is 8.42 Å². The van der Waals surface area contributed by atoms with Gasteiger partial charge in [0.05, 0.1) is 6.26 Å². The first-order valence-corrected chi connectivity index (χ1v) is 9.59. The van der Waals surface area contributed by atoms with Crippen LogP contribution in [0.25, 0.3) is 0 Å². The van der Waals surface area contributed by atoms with Gasteiger partial charge in [-0.2, -0.15) is 0 Å². The summed E-state index contributed by atoms with van der Waals surface area (Å²) in [5.74, 6) is 0.570. The Hall–Kier alpha value is -0.910. The van der Waals surface area contributed by atoms with E-state index in [1.165, 1.54) is 11.8 Å². The summed E-state index contributed by atoms with van der Waals surface area (Å²) in [5, 5.41) is 3.64. The molecule has 1 aromatic carbocycles. The van der Waals surface area contributed by atoms with Crippen LogP contribution in [0, 0.1) is 5.92 Å². The van der Waals surface area contributed by atoms with Crippen LogP contribution in [0.3, 0.4) is 0 Å². The molecular weight excluding hydrogens is 284 g/mol. The molecule has 4 nitrogen and oxygen atoms in total. The maximum Gasteiger partial charge on any atom is 0.211 e. The van der Waals surface area contributed by atoms with E-state index in [4.69, 9.17) is 0 Å². The molecule has 21 heavy (non-hydrogen) atoms. The topological polar surface area (TPSA) is 49.4 Å². The van der Waals surface area contributed by atoms with Crippen LogP contribution >= 0.6 is 0 Å². The van der Waals surface area contributed by atoms with Crippen molar-refractivity contribution in [2.45, 2.75) is 32.2 Å². The molecule has 118 valence electrons. The van der Waals surface area contributed by atoms with E-state index in [1.54, 1.807) is 4.31 Å². The van der Waals surface area contributed by atoms with E-state index in [-0.39, 0.29) is 0 Å². The number of hydrogen-bond donors (Lipinski definition) is 1. The molecule has 0 aromatic heterocycles. The SMILES string of the molecule is CC[C@H](NCC1CCN(S(C)(=O)=O)CC1)c1ccccc1. The van der Waals surface area contributed by atoms with Crippen molar-refractivity contribution in [3.63, 3.8) is 0 Å². The Labute approximate surface area is 128 Å². The molecule has 0 radical (unpaired) electrons. The molecule has 0 spiro atoms. The van der Waals surface area contributed by atoms with E-state index in [0.29, 0.717) is 25.0 Å². The molecule has 0 aliphatic carbocycles. The van der Waals surface area contributed by atoms with Crippen molar-refractivity contribution in [2.24, 2.45) is 5.92 Å². The lowest BCUT2D eigenvalue weighted by Crippen LogP contribution is -2.40. The number of nitrogens with one attached hydrogen (secondary N) is 1. The molecule has 1 N–H and O–H groups in total. The Bertz CT molecular complexity index is 522. The molecule has 0 amide bonds. The molecule has 1 heterocycles. The average molecular weight is 310 g/mol. The number of benzene rings is 1. The summed E-state index contributed by atoms with van der Waals surface area (Å²) in [6, 6.07) is 10.9. The molecule has 2 rings (SSSR count). The number of hydrogen-bond acceptors (Lipinski definition) is 3. The quantitative estimate of drug-likeness (QED) is 0.878. The summed E-state index contributed by atoms with van der Waals surface area (Å²) in [5.41, 5.74) is 1.33. The first kappa shape index (κ1) is 16.5. The zero-order valence-corrected chi connectivity index (χ0v) is 13.8. The first-order valence-electron chi connectivity index (χ1n) is 7.74. The van der Waals surface area contributed by atoms with Gasteiger partial charge in [-0.3, -0.25) is 0 Å². The second-order valence-corrected chi connectivity index (χ2v) is 7.87. The minimum atomic E-state index is -3.02. The van der Waals surface area contributed by atoms with Crippen molar-refractivity contribution in [3.05, 3.63) is 35.9 Å². The molecule has 1 saturated heterocycles. The predicted octanol–water partition coefficient (Wildman–Crippen LogP) is 2.40. The number of nitrogens with zero attached hydrogens (tertiary/aromatic N) is 1. The molecule has 1 atom stereocenters. The highest BCUT2D eigenvalue weighted by atomic mass is 32.2. The standard InChI is InChI=1S/C16H26N2O2S/c1-3-16(15-7-5-4-6-8-15)17-13-14-9-11-18(12-10-14)21(2,19)20/h4-8,14,16-17H,3,9-13H2,1-2H3/t16-/m0/s1. The van der Waals surface area contributed by atoms with Gasteiger partial charge in [-0.1, -0.05) is 37.3 Å². The maximum atomic E-state index is 11.5. The van der Waals surface area contributed by atoms with Crippen molar-refractivity contribution in [2.75, 3.05) is 25.9 Å². The van der Waals surface area contributed by atoms with Crippen molar-refractivity contribution in [1.29, 1.82) is 0 Å². The Balaban J connectivity index is 1.81. The van der Waals surface area contributed by atoms with E-state index < -0.39 is 10.0 Å². The fourth-order valence-electron chi connectivity index (χ4n) is 2.94. The highest BCUT2D eigenvalue weighted by Crippen LogP contribution is 2.21. The van der Waals surface area contributed by atoms with E-state index in [0.717, 1.165) is 25.8 Å².